The summed E-state index contributed by atoms with van der Waals surface area (Å²) in [4.78, 5) is 36.1. The first kappa shape index (κ1) is 18.1. The SMILES string of the molecule is O=C(Oc1c(-c2ccccc2)c(=O)oc2ccccc12)c1ccccc1[N+](=O)[O-]. The Morgan fingerprint density at radius 1 is 0.897 bits per heavy atom. The van der Waals surface area contributed by atoms with Gasteiger partial charge in [0.1, 0.15) is 16.7 Å². The standard InChI is InChI=1S/C22H13NO6/c24-21(15-10-4-6-12-17(15)23(26)27)29-20-16-11-5-7-13-18(16)28-22(25)19(20)14-8-2-1-3-9-14/h1-13H. The van der Waals surface area contributed by atoms with E-state index >= 15 is 0 Å². The quantitative estimate of drug-likeness (QED) is 0.220. The first-order valence-electron chi connectivity index (χ1n) is 8.63. The highest BCUT2D eigenvalue weighted by Gasteiger charge is 2.25. The second-order valence-electron chi connectivity index (χ2n) is 6.12. The maximum Gasteiger partial charge on any atom is 0.350 e. The van der Waals surface area contributed by atoms with Crippen molar-refractivity contribution in [3.63, 3.8) is 0 Å². The summed E-state index contributed by atoms with van der Waals surface area (Å²) in [5.74, 6) is -0.948. The smallest absolute Gasteiger partial charge is 0.350 e. The Morgan fingerprint density at radius 2 is 1.55 bits per heavy atom. The van der Waals surface area contributed by atoms with Crippen LogP contribution in [0.15, 0.2) is 88.1 Å². The number of nitro groups is 1. The Kier molecular flexibility index (Phi) is 4.62. The van der Waals surface area contributed by atoms with E-state index in [1.54, 1.807) is 54.6 Å². The summed E-state index contributed by atoms with van der Waals surface area (Å²) in [5.41, 5.74) is -0.476. The van der Waals surface area contributed by atoms with Gasteiger partial charge in [0.2, 0.25) is 0 Å². The summed E-state index contributed by atoms with van der Waals surface area (Å²) in [7, 11) is 0. The summed E-state index contributed by atoms with van der Waals surface area (Å²) >= 11 is 0. The molecule has 3 aromatic carbocycles. The molecule has 1 heterocycles. The van der Waals surface area contributed by atoms with Gasteiger partial charge in [-0.3, -0.25) is 10.1 Å². The van der Waals surface area contributed by atoms with Crippen molar-refractivity contribution in [1.29, 1.82) is 0 Å². The zero-order valence-electron chi connectivity index (χ0n) is 14.9. The molecule has 0 aliphatic rings. The topological polar surface area (TPSA) is 99.7 Å². The summed E-state index contributed by atoms with van der Waals surface area (Å²) < 4.78 is 10.9. The average Bonchev–Trinajstić information content (AvgIpc) is 2.74. The second kappa shape index (κ2) is 7.40. The third-order valence-electron chi connectivity index (χ3n) is 4.34. The molecule has 0 amide bonds. The zero-order valence-corrected chi connectivity index (χ0v) is 14.9. The number of carbonyl (C=O) groups is 1. The van der Waals surface area contributed by atoms with Gasteiger partial charge in [0.15, 0.2) is 5.75 Å². The van der Waals surface area contributed by atoms with Crippen LogP contribution < -0.4 is 10.4 Å². The largest absolute Gasteiger partial charge is 0.422 e. The molecule has 7 nitrogen and oxygen atoms in total. The molecule has 4 rings (SSSR count). The van der Waals surface area contributed by atoms with Gasteiger partial charge in [-0.05, 0) is 23.8 Å². The molecule has 0 radical (unpaired) electrons. The number of para-hydroxylation sites is 2. The zero-order chi connectivity index (χ0) is 20.4. The lowest BCUT2D eigenvalue weighted by atomic mass is 10.0. The number of nitro benzene ring substituents is 1. The molecule has 0 aliphatic heterocycles. The van der Waals surface area contributed by atoms with Gasteiger partial charge in [-0.2, -0.15) is 0 Å². The van der Waals surface area contributed by atoms with Crippen molar-refractivity contribution in [3.8, 4) is 16.9 Å². The van der Waals surface area contributed by atoms with Crippen molar-refractivity contribution in [1.82, 2.24) is 0 Å². The number of ether oxygens (including phenoxy) is 1. The second-order valence-corrected chi connectivity index (χ2v) is 6.12. The van der Waals surface area contributed by atoms with Crippen molar-refractivity contribution >= 4 is 22.6 Å². The third-order valence-corrected chi connectivity index (χ3v) is 4.34. The van der Waals surface area contributed by atoms with Crippen LogP contribution in [0.4, 0.5) is 5.69 Å². The van der Waals surface area contributed by atoms with Crippen LogP contribution in [0.25, 0.3) is 22.1 Å². The molecule has 7 heteroatoms. The molecule has 0 spiro atoms. The van der Waals surface area contributed by atoms with E-state index in [1.165, 1.54) is 24.3 Å². The lowest BCUT2D eigenvalue weighted by Crippen LogP contribution is -2.14. The van der Waals surface area contributed by atoms with Crippen LogP contribution in [0, 0.1) is 10.1 Å². The summed E-state index contributed by atoms with van der Waals surface area (Å²) in [6.07, 6.45) is 0. The Balaban J connectivity index is 1.92. The molecule has 0 N–H and O–H groups in total. The summed E-state index contributed by atoms with van der Waals surface area (Å²) in [6.45, 7) is 0. The molecule has 1 aromatic heterocycles. The number of benzene rings is 3. The fourth-order valence-corrected chi connectivity index (χ4v) is 3.03. The van der Waals surface area contributed by atoms with E-state index in [0.717, 1.165) is 0 Å². The van der Waals surface area contributed by atoms with E-state index in [0.29, 0.717) is 10.9 Å². The number of fused-ring (bicyclic) bond motifs is 1. The Morgan fingerprint density at radius 3 is 2.31 bits per heavy atom. The lowest BCUT2D eigenvalue weighted by molar-refractivity contribution is -0.385. The number of carbonyl (C=O) groups excluding carboxylic acids is 1. The van der Waals surface area contributed by atoms with Gasteiger partial charge in [0.25, 0.3) is 5.69 Å². The molecule has 0 bridgehead atoms. The van der Waals surface area contributed by atoms with Gasteiger partial charge in [0.05, 0.1) is 10.3 Å². The fourth-order valence-electron chi connectivity index (χ4n) is 3.03. The van der Waals surface area contributed by atoms with Gasteiger partial charge in [-0.1, -0.05) is 54.6 Å². The van der Waals surface area contributed by atoms with Crippen molar-refractivity contribution in [2.45, 2.75) is 0 Å². The number of rotatable bonds is 4. The fraction of sp³-hybridized carbons (Fsp3) is 0. The van der Waals surface area contributed by atoms with Crippen LogP contribution in [0.1, 0.15) is 10.4 Å². The van der Waals surface area contributed by atoms with Gasteiger partial charge >= 0.3 is 11.6 Å². The molecule has 0 saturated carbocycles. The highest BCUT2D eigenvalue weighted by atomic mass is 16.6. The Labute approximate surface area is 163 Å². The molecule has 4 aromatic rings. The maximum absolute atomic E-state index is 12.8. The predicted molar refractivity (Wildman–Crippen MR) is 106 cm³/mol. The third kappa shape index (κ3) is 3.37. The van der Waals surface area contributed by atoms with E-state index in [9.17, 15) is 19.7 Å². The molecule has 0 unspecified atom stereocenters. The lowest BCUT2D eigenvalue weighted by Gasteiger charge is -2.12. The van der Waals surface area contributed by atoms with Gasteiger partial charge in [0, 0.05) is 6.07 Å². The van der Waals surface area contributed by atoms with Crippen LogP contribution in [-0.2, 0) is 0 Å². The van der Waals surface area contributed by atoms with E-state index in [2.05, 4.69) is 0 Å². The van der Waals surface area contributed by atoms with Crippen molar-refractivity contribution < 1.29 is 18.9 Å². The minimum Gasteiger partial charge on any atom is -0.422 e. The molecule has 0 fully saturated rings. The van der Waals surface area contributed by atoms with Crippen LogP contribution >= 0.6 is 0 Å². The molecule has 0 saturated heterocycles. The molecule has 0 aliphatic carbocycles. The number of hydrogen-bond donors (Lipinski definition) is 0. The molecular weight excluding hydrogens is 374 g/mol. The minimum atomic E-state index is -0.940. The Hall–Kier alpha value is -4.26. The molecule has 0 atom stereocenters. The number of hydrogen-bond acceptors (Lipinski definition) is 6. The van der Waals surface area contributed by atoms with Crippen molar-refractivity contribution in [2.24, 2.45) is 0 Å². The summed E-state index contributed by atoms with van der Waals surface area (Å²) in [6, 6.07) is 20.7. The first-order valence-corrected chi connectivity index (χ1v) is 8.63. The van der Waals surface area contributed by atoms with Crippen molar-refractivity contribution in [3.05, 3.63) is 105 Å². The maximum atomic E-state index is 12.8. The highest BCUT2D eigenvalue weighted by molar-refractivity contribution is 5.99. The van der Waals surface area contributed by atoms with E-state index in [1.807, 2.05) is 0 Å². The van der Waals surface area contributed by atoms with Crippen LogP contribution in [-0.4, -0.2) is 10.9 Å². The minimum absolute atomic E-state index is 0.00815. The van der Waals surface area contributed by atoms with E-state index in [4.69, 9.17) is 9.15 Å². The Bertz CT molecular complexity index is 1290. The monoisotopic (exact) mass is 387 g/mol. The average molecular weight is 387 g/mol. The molecule has 142 valence electrons. The number of nitrogens with zero attached hydrogens (tertiary/aromatic N) is 1. The highest BCUT2D eigenvalue weighted by Crippen LogP contribution is 2.35. The van der Waals surface area contributed by atoms with Crippen LogP contribution in [0.3, 0.4) is 0 Å². The molecule has 29 heavy (non-hydrogen) atoms. The first-order chi connectivity index (χ1) is 14.1. The predicted octanol–water partition coefficient (Wildman–Crippen LogP) is 4.59. The van der Waals surface area contributed by atoms with Crippen molar-refractivity contribution in [2.75, 3.05) is 0 Å². The van der Waals surface area contributed by atoms with Gasteiger partial charge in [-0.25, -0.2) is 9.59 Å². The van der Waals surface area contributed by atoms with Gasteiger partial charge < -0.3 is 9.15 Å². The van der Waals surface area contributed by atoms with Crippen LogP contribution in [0.5, 0.6) is 5.75 Å². The summed E-state index contributed by atoms with van der Waals surface area (Å²) in [5, 5.41) is 11.7. The van der Waals surface area contributed by atoms with E-state index < -0.39 is 16.5 Å². The van der Waals surface area contributed by atoms with Crippen LogP contribution in [0.2, 0.25) is 0 Å². The van der Waals surface area contributed by atoms with Gasteiger partial charge in [-0.15, -0.1) is 0 Å². The molecular formula is C22H13NO6. The normalized spacial score (nSPS) is 10.6. The number of esters is 1. The van der Waals surface area contributed by atoms with E-state index in [-0.39, 0.29) is 28.1 Å².